The zero-order valence-corrected chi connectivity index (χ0v) is 11.3. The van der Waals surface area contributed by atoms with Crippen LogP contribution in [0.25, 0.3) is 0 Å². The van der Waals surface area contributed by atoms with Crippen LogP contribution >= 0.6 is 11.6 Å². The minimum atomic E-state index is -0.995. The summed E-state index contributed by atoms with van der Waals surface area (Å²) in [5.74, 6) is -0.441. The largest absolute Gasteiger partial charge is 0.482 e. The van der Waals surface area contributed by atoms with Gasteiger partial charge in [0.1, 0.15) is 5.75 Å². The number of rotatable bonds is 7. The van der Waals surface area contributed by atoms with Crippen LogP contribution < -0.4 is 10.1 Å². The first-order chi connectivity index (χ1) is 8.52. The molecule has 0 spiro atoms. The number of aliphatic carboxylic acids is 1. The number of halogens is 1. The monoisotopic (exact) mass is 271 g/mol. The Morgan fingerprint density at radius 1 is 1.56 bits per heavy atom. The van der Waals surface area contributed by atoms with E-state index in [1.807, 2.05) is 0 Å². The molecule has 5 heteroatoms. The first-order valence-electron chi connectivity index (χ1n) is 5.89. The molecule has 1 atom stereocenters. The van der Waals surface area contributed by atoms with E-state index in [0.717, 1.165) is 12.0 Å². The third-order valence-corrected chi connectivity index (χ3v) is 2.86. The minimum Gasteiger partial charge on any atom is -0.482 e. The Morgan fingerprint density at radius 3 is 2.89 bits per heavy atom. The fourth-order valence-corrected chi connectivity index (χ4v) is 1.59. The van der Waals surface area contributed by atoms with Crippen LogP contribution in [0.5, 0.6) is 5.75 Å². The van der Waals surface area contributed by atoms with Crippen LogP contribution in [-0.4, -0.2) is 23.7 Å². The van der Waals surface area contributed by atoms with E-state index in [1.54, 1.807) is 18.2 Å². The van der Waals surface area contributed by atoms with Crippen molar-refractivity contribution < 1.29 is 14.6 Å². The van der Waals surface area contributed by atoms with Gasteiger partial charge >= 0.3 is 5.97 Å². The van der Waals surface area contributed by atoms with Crippen molar-refractivity contribution >= 4 is 17.6 Å². The highest BCUT2D eigenvalue weighted by molar-refractivity contribution is 6.30. The lowest BCUT2D eigenvalue weighted by Gasteiger charge is -2.14. The van der Waals surface area contributed by atoms with Crippen molar-refractivity contribution in [1.82, 2.24) is 5.32 Å². The van der Waals surface area contributed by atoms with E-state index in [-0.39, 0.29) is 6.61 Å². The molecule has 0 heterocycles. The van der Waals surface area contributed by atoms with Crippen LogP contribution in [0.3, 0.4) is 0 Å². The molecule has 0 radical (unpaired) electrons. The van der Waals surface area contributed by atoms with Gasteiger partial charge in [-0.3, -0.25) is 0 Å². The van der Waals surface area contributed by atoms with Crippen molar-refractivity contribution in [3.63, 3.8) is 0 Å². The number of hydrogen-bond donors (Lipinski definition) is 2. The fourth-order valence-electron chi connectivity index (χ4n) is 1.39. The average molecular weight is 272 g/mol. The number of carboxylic acid groups (broad SMARTS) is 1. The second-order valence-electron chi connectivity index (χ2n) is 4.12. The van der Waals surface area contributed by atoms with E-state index < -0.39 is 5.97 Å². The summed E-state index contributed by atoms with van der Waals surface area (Å²) in [4.78, 5) is 10.5. The van der Waals surface area contributed by atoms with Crippen molar-refractivity contribution in [1.29, 1.82) is 0 Å². The van der Waals surface area contributed by atoms with Gasteiger partial charge in [0.15, 0.2) is 6.61 Å². The van der Waals surface area contributed by atoms with Gasteiger partial charge in [-0.2, -0.15) is 0 Å². The Labute approximate surface area is 112 Å². The summed E-state index contributed by atoms with van der Waals surface area (Å²) in [6.45, 7) is 4.43. The highest BCUT2D eigenvalue weighted by Crippen LogP contribution is 2.23. The molecule has 0 saturated heterocycles. The average Bonchev–Trinajstić information content (AvgIpc) is 2.34. The van der Waals surface area contributed by atoms with Crippen molar-refractivity contribution in [2.24, 2.45) is 0 Å². The summed E-state index contributed by atoms with van der Waals surface area (Å²) in [7, 11) is 0. The number of carbonyl (C=O) groups is 1. The molecule has 0 amide bonds. The maximum atomic E-state index is 10.5. The molecule has 0 saturated carbocycles. The van der Waals surface area contributed by atoms with E-state index in [9.17, 15) is 4.79 Å². The molecule has 0 aliphatic heterocycles. The fraction of sp³-hybridized carbons (Fsp3) is 0.462. The van der Waals surface area contributed by atoms with Crippen molar-refractivity contribution in [2.45, 2.75) is 32.9 Å². The summed E-state index contributed by atoms with van der Waals surface area (Å²) in [6, 6.07) is 5.55. The molecule has 1 rings (SSSR count). The number of benzene rings is 1. The zero-order valence-electron chi connectivity index (χ0n) is 10.6. The van der Waals surface area contributed by atoms with Crippen LogP contribution in [0.4, 0.5) is 0 Å². The molecular formula is C13H18ClNO3. The van der Waals surface area contributed by atoms with E-state index >= 15 is 0 Å². The number of hydrogen-bond acceptors (Lipinski definition) is 3. The van der Waals surface area contributed by atoms with E-state index in [2.05, 4.69) is 19.2 Å². The first-order valence-corrected chi connectivity index (χ1v) is 6.27. The zero-order chi connectivity index (χ0) is 13.5. The van der Waals surface area contributed by atoms with Crippen LogP contribution in [0.15, 0.2) is 18.2 Å². The quantitative estimate of drug-likeness (QED) is 0.801. The van der Waals surface area contributed by atoms with Gasteiger partial charge in [-0.15, -0.1) is 0 Å². The lowest BCUT2D eigenvalue weighted by Crippen LogP contribution is -2.25. The molecule has 1 aromatic carbocycles. The van der Waals surface area contributed by atoms with E-state index in [1.165, 1.54) is 0 Å². The van der Waals surface area contributed by atoms with Crippen LogP contribution in [-0.2, 0) is 11.3 Å². The number of ether oxygens (including phenoxy) is 1. The van der Waals surface area contributed by atoms with Gasteiger partial charge in [-0.1, -0.05) is 18.5 Å². The molecule has 1 unspecified atom stereocenters. The third kappa shape index (κ3) is 4.94. The summed E-state index contributed by atoms with van der Waals surface area (Å²) >= 11 is 5.93. The SMILES string of the molecule is CCC(C)NCc1cc(Cl)ccc1OCC(=O)O. The van der Waals surface area contributed by atoms with Gasteiger partial charge in [-0.25, -0.2) is 4.79 Å². The first kappa shape index (κ1) is 14.8. The lowest BCUT2D eigenvalue weighted by atomic mass is 10.1. The molecule has 0 bridgehead atoms. The Morgan fingerprint density at radius 2 is 2.28 bits per heavy atom. The molecule has 4 nitrogen and oxygen atoms in total. The Bertz CT molecular complexity index is 409. The second-order valence-corrected chi connectivity index (χ2v) is 4.56. The van der Waals surface area contributed by atoms with Gasteiger partial charge in [0, 0.05) is 23.2 Å². The normalized spacial score (nSPS) is 12.2. The summed E-state index contributed by atoms with van der Waals surface area (Å²) < 4.78 is 5.22. The van der Waals surface area contributed by atoms with Gasteiger partial charge in [0.25, 0.3) is 0 Å². The van der Waals surface area contributed by atoms with Crippen LogP contribution in [0, 0.1) is 0 Å². The predicted molar refractivity (Wildman–Crippen MR) is 71.2 cm³/mol. The standard InChI is InChI=1S/C13H18ClNO3/c1-3-9(2)15-7-10-6-11(14)4-5-12(10)18-8-13(16)17/h4-6,9,15H,3,7-8H2,1-2H3,(H,16,17). The highest BCUT2D eigenvalue weighted by atomic mass is 35.5. The molecule has 1 aromatic rings. The number of carboxylic acids is 1. The smallest absolute Gasteiger partial charge is 0.341 e. The summed E-state index contributed by atoms with van der Waals surface area (Å²) in [5.41, 5.74) is 0.865. The molecule has 18 heavy (non-hydrogen) atoms. The Hall–Kier alpha value is -1.26. The van der Waals surface area contributed by atoms with Crippen LogP contribution in [0.2, 0.25) is 5.02 Å². The topological polar surface area (TPSA) is 58.6 Å². The van der Waals surface area contributed by atoms with Crippen molar-refractivity contribution in [3.8, 4) is 5.75 Å². The summed E-state index contributed by atoms with van der Waals surface area (Å²) in [6.07, 6.45) is 1.02. The second kappa shape index (κ2) is 7.24. The number of nitrogens with one attached hydrogen (secondary N) is 1. The molecule has 100 valence electrons. The van der Waals surface area contributed by atoms with Crippen molar-refractivity contribution in [2.75, 3.05) is 6.61 Å². The molecule has 0 fully saturated rings. The maximum absolute atomic E-state index is 10.5. The molecule has 2 N–H and O–H groups in total. The van der Waals surface area contributed by atoms with Crippen molar-refractivity contribution in [3.05, 3.63) is 28.8 Å². The Balaban J connectivity index is 2.73. The minimum absolute atomic E-state index is 0.349. The lowest BCUT2D eigenvalue weighted by molar-refractivity contribution is -0.139. The van der Waals surface area contributed by atoms with Crippen LogP contribution in [0.1, 0.15) is 25.8 Å². The van der Waals surface area contributed by atoms with E-state index in [4.69, 9.17) is 21.4 Å². The molecule has 0 aromatic heterocycles. The maximum Gasteiger partial charge on any atom is 0.341 e. The highest BCUT2D eigenvalue weighted by Gasteiger charge is 2.08. The van der Waals surface area contributed by atoms with Gasteiger partial charge < -0.3 is 15.2 Å². The molecule has 0 aliphatic rings. The summed E-state index contributed by atoms with van der Waals surface area (Å²) in [5, 5.41) is 12.5. The third-order valence-electron chi connectivity index (χ3n) is 2.63. The Kier molecular flexibility index (Phi) is 5.95. The molecule has 0 aliphatic carbocycles. The predicted octanol–water partition coefficient (Wildman–Crippen LogP) is 2.69. The van der Waals surface area contributed by atoms with Gasteiger partial charge in [0.05, 0.1) is 0 Å². The molecular weight excluding hydrogens is 254 g/mol. The van der Waals surface area contributed by atoms with Gasteiger partial charge in [-0.05, 0) is 31.5 Å². The van der Waals surface area contributed by atoms with E-state index in [0.29, 0.717) is 23.4 Å². The van der Waals surface area contributed by atoms with Gasteiger partial charge in [0.2, 0.25) is 0 Å².